The van der Waals surface area contributed by atoms with Crippen molar-refractivity contribution in [2.45, 2.75) is 5.60 Å². The Hall–Kier alpha value is 0.142. The minimum atomic E-state index is -1.72. The van der Waals surface area contributed by atoms with E-state index in [9.17, 15) is 15.0 Å². The number of ether oxygens (including phenoxy) is 2. The summed E-state index contributed by atoms with van der Waals surface area (Å²) in [5, 5.41) is 20.7. The second kappa shape index (κ2) is 9.16. The summed E-state index contributed by atoms with van der Waals surface area (Å²) in [5.74, 6) is -0.885. The highest BCUT2D eigenvalue weighted by Gasteiger charge is 2.58. The summed E-state index contributed by atoms with van der Waals surface area (Å²) < 4.78 is 13.0. The predicted molar refractivity (Wildman–Crippen MR) is 145 cm³/mol. The molecule has 0 atom stereocenters. The molecule has 2 N–H and O–H groups in total. The minimum Gasteiger partial charge on any atom is -0.505 e. The van der Waals surface area contributed by atoms with E-state index in [2.05, 4.69) is 63.7 Å². The first-order valence-corrected chi connectivity index (χ1v) is 13.3. The van der Waals surface area contributed by atoms with Crippen LogP contribution in [0.1, 0.15) is 27.0 Å². The predicted octanol–water partition coefficient (Wildman–Crippen LogP) is 8.95. The maximum Gasteiger partial charge on any atom is 0.341 e. The third-order valence-electron chi connectivity index (χ3n) is 5.33. The van der Waals surface area contributed by atoms with Gasteiger partial charge >= 0.3 is 5.97 Å². The number of halogens is 8. The second-order valence-corrected chi connectivity index (χ2v) is 11.8. The lowest BCUT2D eigenvalue weighted by molar-refractivity contribution is 0.0223. The van der Waals surface area contributed by atoms with Gasteiger partial charge in [0.15, 0.2) is 17.1 Å². The first-order valence-electron chi connectivity index (χ1n) is 8.63. The molecule has 3 aromatic rings. The van der Waals surface area contributed by atoms with Gasteiger partial charge in [-0.15, -0.1) is 0 Å². The lowest BCUT2D eigenvalue weighted by Gasteiger charge is -2.38. The van der Waals surface area contributed by atoms with Gasteiger partial charge in [0.1, 0.15) is 20.4 Å². The number of phenols is 2. The Bertz CT molecular complexity index is 1400. The molecule has 0 bridgehead atoms. The van der Waals surface area contributed by atoms with Crippen LogP contribution in [0, 0.1) is 0 Å². The molecule has 173 valence electrons. The standard InChI is InChI=1S/C20H4Br4Cl4O5.Al/c21-5-1-3-17(9(23)15(5)29)32-18-4(2-6(22)16(30)10(18)24)20(3)8-7(19(31)33-20)11(25)13(27)14(28)12(8)26;/h1-2,29-30H;. The fraction of sp³-hybridized carbons (Fsp3) is 0.0500. The van der Waals surface area contributed by atoms with Crippen LogP contribution in [-0.2, 0) is 10.3 Å². The number of benzene rings is 3. The number of hydrogen-bond acceptors (Lipinski definition) is 5. The Morgan fingerprint density at radius 2 is 1.21 bits per heavy atom. The van der Waals surface area contributed by atoms with E-state index in [1.807, 2.05) is 0 Å². The van der Waals surface area contributed by atoms with E-state index in [-0.39, 0.29) is 89.5 Å². The molecule has 0 unspecified atom stereocenters. The van der Waals surface area contributed by atoms with Gasteiger partial charge in [-0.1, -0.05) is 46.4 Å². The lowest BCUT2D eigenvalue weighted by Crippen LogP contribution is -2.33. The van der Waals surface area contributed by atoms with E-state index in [1.54, 1.807) is 0 Å². The Kier molecular flexibility index (Phi) is 7.32. The molecule has 0 saturated carbocycles. The van der Waals surface area contributed by atoms with Crippen molar-refractivity contribution in [3.05, 3.63) is 72.4 Å². The van der Waals surface area contributed by atoms with Crippen molar-refractivity contribution in [3.63, 3.8) is 0 Å². The summed E-state index contributed by atoms with van der Waals surface area (Å²) in [5.41, 5.74) is -1.02. The molecule has 2 heterocycles. The van der Waals surface area contributed by atoms with Crippen molar-refractivity contribution in [1.82, 2.24) is 0 Å². The highest BCUT2D eigenvalue weighted by atomic mass is 79.9. The Balaban J connectivity index is 0.00000274. The second-order valence-electron chi connectivity index (χ2n) is 6.97. The molecule has 34 heavy (non-hydrogen) atoms. The van der Waals surface area contributed by atoms with Crippen LogP contribution in [0.5, 0.6) is 23.0 Å². The van der Waals surface area contributed by atoms with E-state index in [1.165, 1.54) is 12.1 Å². The van der Waals surface area contributed by atoms with Crippen molar-refractivity contribution in [3.8, 4) is 23.0 Å². The van der Waals surface area contributed by atoms with Gasteiger partial charge in [-0.05, 0) is 75.9 Å². The van der Waals surface area contributed by atoms with Gasteiger partial charge in [-0.25, -0.2) is 4.79 Å². The van der Waals surface area contributed by atoms with Crippen LogP contribution in [-0.4, -0.2) is 33.5 Å². The highest BCUT2D eigenvalue weighted by Crippen LogP contribution is 2.65. The summed E-state index contributed by atoms with van der Waals surface area (Å²) in [6, 6.07) is 3.06. The molecule has 3 radical (unpaired) electrons. The average molecular weight is 813 g/mol. The van der Waals surface area contributed by atoms with E-state index >= 15 is 0 Å². The summed E-state index contributed by atoms with van der Waals surface area (Å²) >= 11 is 39.0. The van der Waals surface area contributed by atoms with E-state index in [4.69, 9.17) is 55.9 Å². The summed E-state index contributed by atoms with van der Waals surface area (Å²) in [4.78, 5) is 13.2. The molecule has 2 aliphatic rings. The van der Waals surface area contributed by atoms with Crippen molar-refractivity contribution >= 4 is 133 Å². The largest absolute Gasteiger partial charge is 0.505 e. The Morgan fingerprint density at radius 3 is 1.68 bits per heavy atom. The van der Waals surface area contributed by atoms with Gasteiger partial charge in [0.05, 0.1) is 45.7 Å². The van der Waals surface area contributed by atoms with Crippen LogP contribution in [0.2, 0.25) is 20.1 Å². The van der Waals surface area contributed by atoms with Gasteiger partial charge in [-0.2, -0.15) is 0 Å². The van der Waals surface area contributed by atoms with E-state index < -0.39 is 11.6 Å². The zero-order valence-corrected chi connectivity index (χ0v) is 26.4. The fourth-order valence-electron chi connectivity index (χ4n) is 3.93. The summed E-state index contributed by atoms with van der Waals surface area (Å²) in [6.45, 7) is 0. The molecule has 3 aromatic carbocycles. The maximum absolute atomic E-state index is 13.2. The number of carbonyl (C=O) groups excluding carboxylic acids is 1. The molecular formula is C20H4AlBr4Cl4O5. The van der Waals surface area contributed by atoms with E-state index in [0.717, 1.165) is 0 Å². The number of phenolic OH excluding ortho intramolecular Hbond substituents is 2. The molecular weight excluding hydrogens is 809 g/mol. The number of rotatable bonds is 0. The molecule has 5 nitrogen and oxygen atoms in total. The first kappa shape index (κ1) is 27.2. The highest BCUT2D eigenvalue weighted by molar-refractivity contribution is 9.11. The van der Waals surface area contributed by atoms with Gasteiger partial charge in [-0.3, -0.25) is 0 Å². The van der Waals surface area contributed by atoms with Gasteiger partial charge in [0.2, 0.25) is 0 Å². The smallest absolute Gasteiger partial charge is 0.341 e. The number of fused-ring (bicyclic) bond motifs is 6. The summed E-state index contributed by atoms with van der Waals surface area (Å²) in [6.07, 6.45) is 0. The quantitative estimate of drug-likeness (QED) is 0.103. The first-order chi connectivity index (χ1) is 15.4. The average Bonchev–Trinajstić information content (AvgIpc) is 3.08. The van der Waals surface area contributed by atoms with Gasteiger partial charge in [0, 0.05) is 22.9 Å². The molecule has 1 spiro atoms. The molecule has 0 saturated heterocycles. The van der Waals surface area contributed by atoms with Crippen molar-refractivity contribution in [2.24, 2.45) is 0 Å². The third kappa shape index (κ3) is 3.44. The number of aromatic hydroxyl groups is 2. The number of esters is 1. The zero-order valence-electron chi connectivity index (χ0n) is 15.9. The number of carbonyl (C=O) groups is 1. The van der Waals surface area contributed by atoms with Crippen LogP contribution in [0.15, 0.2) is 30.0 Å². The molecule has 0 amide bonds. The Morgan fingerprint density at radius 1 is 0.765 bits per heavy atom. The lowest BCUT2D eigenvalue weighted by atomic mass is 9.77. The maximum atomic E-state index is 13.2. The minimum absolute atomic E-state index is 0. The van der Waals surface area contributed by atoms with E-state index in [0.29, 0.717) is 11.1 Å². The third-order valence-corrected chi connectivity index (χ3v) is 9.81. The van der Waals surface area contributed by atoms with Crippen LogP contribution in [0.4, 0.5) is 0 Å². The normalized spacial score (nSPS) is 14.6. The van der Waals surface area contributed by atoms with Crippen molar-refractivity contribution in [2.75, 3.05) is 0 Å². The molecule has 0 fully saturated rings. The van der Waals surface area contributed by atoms with Crippen LogP contribution < -0.4 is 4.74 Å². The Labute approximate surface area is 256 Å². The van der Waals surface area contributed by atoms with Gasteiger partial charge < -0.3 is 19.7 Å². The molecule has 5 rings (SSSR count). The topological polar surface area (TPSA) is 76.0 Å². The monoisotopic (exact) mass is 807 g/mol. The molecule has 0 aliphatic carbocycles. The van der Waals surface area contributed by atoms with Crippen LogP contribution in [0.25, 0.3) is 0 Å². The van der Waals surface area contributed by atoms with Crippen LogP contribution >= 0.6 is 110 Å². The fourth-order valence-corrected chi connectivity index (χ4v) is 7.39. The van der Waals surface area contributed by atoms with Gasteiger partial charge in [0.25, 0.3) is 0 Å². The molecule has 14 heteroatoms. The zero-order chi connectivity index (χ0) is 24.1. The molecule has 0 aromatic heterocycles. The summed E-state index contributed by atoms with van der Waals surface area (Å²) in [7, 11) is 0. The van der Waals surface area contributed by atoms with Crippen molar-refractivity contribution in [1.29, 1.82) is 0 Å². The molecule has 2 aliphatic heterocycles. The van der Waals surface area contributed by atoms with Crippen LogP contribution in [0.3, 0.4) is 0 Å². The number of hydrogen-bond donors (Lipinski definition) is 2. The van der Waals surface area contributed by atoms with Crippen molar-refractivity contribution < 1.29 is 24.5 Å². The SMILES string of the molecule is O=C1OC2(c3cc(Br)c(O)c(Br)c3Oc3c2cc(Br)c(O)c3Br)c2c(Cl)c(Cl)c(Cl)c(Cl)c21.[Al].